The minimum Gasteiger partial charge on any atom is -0.369 e. The van der Waals surface area contributed by atoms with Crippen LogP contribution in [0.25, 0.3) is 0 Å². The molecule has 1 saturated carbocycles. The standard InChI is InChI=1S/C14H21FN2/c1-10(16)9-11-5-3-8-13(15)14(11)17(2)12-6-4-7-12/h3,5,8,10,12H,4,6-7,9,16H2,1-2H3. The van der Waals surface area contributed by atoms with Crippen molar-refractivity contribution in [2.75, 3.05) is 11.9 Å². The molecule has 0 heterocycles. The smallest absolute Gasteiger partial charge is 0.146 e. The average Bonchev–Trinajstić information content (AvgIpc) is 2.13. The molecule has 94 valence electrons. The first-order valence-electron chi connectivity index (χ1n) is 6.35. The van der Waals surface area contributed by atoms with Gasteiger partial charge in [0.25, 0.3) is 0 Å². The van der Waals surface area contributed by atoms with Gasteiger partial charge in [-0.25, -0.2) is 4.39 Å². The minimum absolute atomic E-state index is 0.0605. The number of nitrogens with two attached hydrogens (primary N) is 1. The highest BCUT2D eigenvalue weighted by atomic mass is 19.1. The molecule has 2 nitrogen and oxygen atoms in total. The molecule has 1 aromatic rings. The van der Waals surface area contributed by atoms with Gasteiger partial charge in [0.2, 0.25) is 0 Å². The Hall–Kier alpha value is -1.09. The summed E-state index contributed by atoms with van der Waals surface area (Å²) in [5.74, 6) is -0.127. The molecule has 1 aliphatic carbocycles. The van der Waals surface area contributed by atoms with Gasteiger partial charge in [0, 0.05) is 19.1 Å². The topological polar surface area (TPSA) is 29.3 Å². The van der Waals surface area contributed by atoms with Crippen LogP contribution in [0.5, 0.6) is 0 Å². The fourth-order valence-corrected chi connectivity index (χ4v) is 2.42. The van der Waals surface area contributed by atoms with Gasteiger partial charge in [-0.05, 0) is 44.2 Å². The van der Waals surface area contributed by atoms with Crippen molar-refractivity contribution in [3.05, 3.63) is 29.6 Å². The quantitative estimate of drug-likeness (QED) is 0.871. The molecule has 0 aromatic heterocycles. The maximum atomic E-state index is 14.0. The first-order chi connectivity index (χ1) is 8.09. The lowest BCUT2D eigenvalue weighted by Crippen LogP contribution is -2.38. The zero-order valence-corrected chi connectivity index (χ0v) is 10.6. The number of benzene rings is 1. The molecule has 2 rings (SSSR count). The first kappa shape index (κ1) is 12.4. The predicted molar refractivity (Wildman–Crippen MR) is 69.8 cm³/mol. The molecule has 0 aliphatic heterocycles. The molecule has 0 saturated heterocycles. The van der Waals surface area contributed by atoms with E-state index in [1.807, 2.05) is 20.0 Å². The number of nitrogens with zero attached hydrogens (tertiary/aromatic N) is 1. The summed E-state index contributed by atoms with van der Waals surface area (Å²) in [6, 6.07) is 5.85. The summed E-state index contributed by atoms with van der Waals surface area (Å²) in [4.78, 5) is 2.09. The largest absolute Gasteiger partial charge is 0.369 e. The number of anilines is 1. The lowest BCUT2D eigenvalue weighted by Gasteiger charge is -2.37. The van der Waals surface area contributed by atoms with Crippen LogP contribution in [0.15, 0.2) is 18.2 Å². The van der Waals surface area contributed by atoms with Gasteiger partial charge in [0.15, 0.2) is 0 Å². The van der Waals surface area contributed by atoms with Crippen LogP contribution in [0.1, 0.15) is 31.7 Å². The predicted octanol–water partition coefficient (Wildman–Crippen LogP) is 2.70. The summed E-state index contributed by atoms with van der Waals surface area (Å²) in [5, 5.41) is 0. The van der Waals surface area contributed by atoms with Gasteiger partial charge in [0.1, 0.15) is 5.82 Å². The maximum absolute atomic E-state index is 14.0. The van der Waals surface area contributed by atoms with Crippen LogP contribution in [0, 0.1) is 5.82 Å². The lowest BCUT2D eigenvalue weighted by atomic mass is 9.90. The molecule has 1 aliphatic rings. The molecule has 0 spiro atoms. The van der Waals surface area contributed by atoms with E-state index in [-0.39, 0.29) is 11.9 Å². The Kier molecular flexibility index (Phi) is 3.67. The Morgan fingerprint density at radius 2 is 2.18 bits per heavy atom. The molecule has 3 heteroatoms. The summed E-state index contributed by atoms with van der Waals surface area (Å²) >= 11 is 0. The third kappa shape index (κ3) is 2.60. The normalized spacial score (nSPS) is 17.6. The molecule has 2 N–H and O–H groups in total. The third-order valence-corrected chi connectivity index (χ3v) is 3.59. The van der Waals surface area contributed by atoms with Crippen LogP contribution in [0.3, 0.4) is 0 Å². The maximum Gasteiger partial charge on any atom is 0.146 e. The van der Waals surface area contributed by atoms with Crippen LogP contribution < -0.4 is 10.6 Å². The van der Waals surface area contributed by atoms with Crippen molar-refractivity contribution in [1.29, 1.82) is 0 Å². The van der Waals surface area contributed by atoms with Crippen molar-refractivity contribution in [2.45, 2.75) is 44.7 Å². The second kappa shape index (κ2) is 5.05. The van der Waals surface area contributed by atoms with Gasteiger partial charge in [0.05, 0.1) is 5.69 Å². The third-order valence-electron chi connectivity index (χ3n) is 3.59. The Bertz CT molecular complexity index is 386. The number of hydrogen-bond acceptors (Lipinski definition) is 2. The molecule has 0 radical (unpaired) electrons. The van der Waals surface area contributed by atoms with Crippen molar-refractivity contribution in [2.24, 2.45) is 5.73 Å². The van der Waals surface area contributed by atoms with Crippen LogP contribution in [0.4, 0.5) is 10.1 Å². The summed E-state index contributed by atoms with van der Waals surface area (Å²) < 4.78 is 14.0. The van der Waals surface area contributed by atoms with Crippen LogP contribution in [-0.2, 0) is 6.42 Å². The van der Waals surface area contributed by atoms with E-state index in [4.69, 9.17) is 5.73 Å². The molecular weight excluding hydrogens is 215 g/mol. The number of halogens is 1. The fourth-order valence-electron chi connectivity index (χ4n) is 2.42. The molecular formula is C14H21FN2. The van der Waals surface area contributed by atoms with E-state index in [2.05, 4.69) is 4.90 Å². The minimum atomic E-state index is -0.127. The van der Waals surface area contributed by atoms with Gasteiger partial charge >= 0.3 is 0 Å². The van der Waals surface area contributed by atoms with Gasteiger partial charge in [-0.2, -0.15) is 0 Å². The van der Waals surface area contributed by atoms with E-state index >= 15 is 0 Å². The second-order valence-electron chi connectivity index (χ2n) is 5.12. The zero-order valence-electron chi connectivity index (χ0n) is 10.6. The Balaban J connectivity index is 2.28. The summed E-state index contributed by atoms with van der Waals surface area (Å²) in [6.45, 7) is 1.96. The molecule has 0 amide bonds. The van der Waals surface area contributed by atoms with Crippen molar-refractivity contribution in [3.8, 4) is 0 Å². The van der Waals surface area contributed by atoms with E-state index in [1.165, 1.54) is 25.3 Å². The molecule has 1 aromatic carbocycles. The number of rotatable bonds is 4. The van der Waals surface area contributed by atoms with E-state index in [1.54, 1.807) is 6.07 Å². The van der Waals surface area contributed by atoms with Crippen LogP contribution in [-0.4, -0.2) is 19.1 Å². The zero-order chi connectivity index (χ0) is 12.4. The molecule has 0 bridgehead atoms. The Morgan fingerprint density at radius 3 is 2.71 bits per heavy atom. The van der Waals surface area contributed by atoms with Gasteiger partial charge in [-0.3, -0.25) is 0 Å². The van der Waals surface area contributed by atoms with Crippen molar-refractivity contribution >= 4 is 5.69 Å². The molecule has 1 atom stereocenters. The Labute approximate surface area is 103 Å². The fraction of sp³-hybridized carbons (Fsp3) is 0.571. The molecule has 17 heavy (non-hydrogen) atoms. The molecule has 1 unspecified atom stereocenters. The average molecular weight is 236 g/mol. The van der Waals surface area contributed by atoms with Crippen LogP contribution >= 0.6 is 0 Å². The second-order valence-corrected chi connectivity index (χ2v) is 5.12. The highest BCUT2D eigenvalue weighted by Crippen LogP contribution is 2.32. The van der Waals surface area contributed by atoms with E-state index < -0.39 is 0 Å². The monoisotopic (exact) mass is 236 g/mol. The number of para-hydroxylation sites is 1. The summed E-state index contributed by atoms with van der Waals surface area (Å²) in [6.07, 6.45) is 4.32. The van der Waals surface area contributed by atoms with Crippen molar-refractivity contribution in [1.82, 2.24) is 0 Å². The van der Waals surface area contributed by atoms with E-state index in [9.17, 15) is 4.39 Å². The van der Waals surface area contributed by atoms with Gasteiger partial charge in [-0.1, -0.05) is 12.1 Å². The van der Waals surface area contributed by atoms with Gasteiger partial charge < -0.3 is 10.6 Å². The van der Waals surface area contributed by atoms with Gasteiger partial charge in [-0.15, -0.1) is 0 Å². The van der Waals surface area contributed by atoms with Crippen molar-refractivity contribution in [3.63, 3.8) is 0 Å². The summed E-state index contributed by atoms with van der Waals surface area (Å²) in [7, 11) is 1.99. The highest BCUT2D eigenvalue weighted by Gasteiger charge is 2.25. The first-order valence-corrected chi connectivity index (χ1v) is 6.35. The SMILES string of the molecule is CC(N)Cc1cccc(F)c1N(C)C1CCC1. The molecule has 1 fully saturated rings. The highest BCUT2D eigenvalue weighted by molar-refractivity contribution is 5.55. The van der Waals surface area contributed by atoms with Crippen molar-refractivity contribution < 1.29 is 4.39 Å². The van der Waals surface area contributed by atoms with E-state index in [0.29, 0.717) is 6.04 Å². The Morgan fingerprint density at radius 1 is 1.47 bits per heavy atom. The number of hydrogen-bond donors (Lipinski definition) is 1. The lowest BCUT2D eigenvalue weighted by molar-refractivity contribution is 0.397. The summed E-state index contributed by atoms with van der Waals surface area (Å²) in [5.41, 5.74) is 7.59. The van der Waals surface area contributed by atoms with Crippen LogP contribution in [0.2, 0.25) is 0 Å². The van der Waals surface area contributed by atoms with E-state index in [0.717, 1.165) is 17.7 Å².